The minimum atomic E-state index is -1.15. The van der Waals surface area contributed by atoms with Gasteiger partial charge in [-0.15, -0.1) is 0 Å². The third-order valence-corrected chi connectivity index (χ3v) is 11.1. The van der Waals surface area contributed by atoms with E-state index in [2.05, 4.69) is 21.9 Å². The second kappa shape index (κ2) is 27.1. The van der Waals surface area contributed by atoms with Crippen LogP contribution >= 0.6 is 0 Å². The maximum atomic E-state index is 11.6. The van der Waals surface area contributed by atoms with E-state index in [0.29, 0.717) is 67.3 Å². The number of unbranched alkanes of at least 4 members (excludes halogenated alkanes) is 4. The highest BCUT2D eigenvalue weighted by atomic mass is 16.5. The van der Waals surface area contributed by atoms with E-state index >= 15 is 0 Å². The number of benzene rings is 2. The van der Waals surface area contributed by atoms with Crippen molar-refractivity contribution in [2.75, 3.05) is 7.11 Å². The van der Waals surface area contributed by atoms with Crippen molar-refractivity contribution in [1.29, 1.82) is 0 Å². The van der Waals surface area contributed by atoms with Crippen LogP contribution in [0.1, 0.15) is 131 Å². The Morgan fingerprint density at radius 2 is 1.19 bits per heavy atom. The number of carboxylic acids is 1. The van der Waals surface area contributed by atoms with E-state index in [9.17, 15) is 40.2 Å². The normalized spacial score (nSPS) is 14.7. The number of aryl methyl sites for hydroxylation is 1. The fourth-order valence-electron chi connectivity index (χ4n) is 7.30. The Kier molecular flexibility index (Phi) is 21.7. The monoisotopic (exact) mass is 869 g/mol. The zero-order valence-electron chi connectivity index (χ0n) is 36.5. The average molecular weight is 870 g/mol. The Hall–Kier alpha value is -5.22. The number of carbonyl (C=O) groups excluding carboxylic acids is 1. The summed E-state index contributed by atoms with van der Waals surface area (Å²) in [5, 5.41) is 74.0. The maximum Gasteiger partial charge on any atom is 0.305 e. The topological polar surface area (TPSA) is 228 Å². The van der Waals surface area contributed by atoms with Crippen LogP contribution in [0.3, 0.4) is 0 Å². The first-order valence-corrected chi connectivity index (χ1v) is 22.0. The fraction of sp³-hybridized carbons (Fsp3) is 0.469. The van der Waals surface area contributed by atoms with Crippen LogP contribution in [0.5, 0.6) is 0 Å². The molecule has 0 aliphatic rings. The van der Waals surface area contributed by atoms with Crippen LogP contribution in [0.2, 0.25) is 0 Å². The highest BCUT2D eigenvalue weighted by Gasteiger charge is 2.19. The lowest BCUT2D eigenvalue weighted by Crippen LogP contribution is -2.33. The molecule has 4 aromatic rings. The van der Waals surface area contributed by atoms with Crippen LogP contribution in [-0.4, -0.2) is 94.2 Å². The number of aliphatic hydroxyl groups excluding tert-OH is 6. The molecular weight excluding hydrogens is 805 g/mol. The van der Waals surface area contributed by atoms with Gasteiger partial charge in [-0.25, -0.2) is 14.5 Å². The number of nitrogens with zero attached hydrogens (tertiary/aromatic N) is 4. The van der Waals surface area contributed by atoms with E-state index in [4.69, 9.17) is 9.84 Å². The summed E-state index contributed by atoms with van der Waals surface area (Å²) in [6.45, 7) is 2.73. The molecule has 14 nitrogen and oxygen atoms in total. The lowest BCUT2D eigenvalue weighted by atomic mass is 9.94. The summed E-state index contributed by atoms with van der Waals surface area (Å²) >= 11 is 0. The molecule has 0 saturated carbocycles. The number of hydrogen-bond donors (Lipinski definition) is 7. The van der Waals surface area contributed by atoms with Gasteiger partial charge < -0.3 is 40.5 Å². The number of aliphatic hydroxyl groups is 6. The number of aliphatic carboxylic acids is 1. The Morgan fingerprint density at radius 3 is 1.75 bits per heavy atom. The molecule has 0 spiro atoms. The lowest BCUT2D eigenvalue weighted by molar-refractivity contribution is -0.699. The molecule has 340 valence electrons. The highest BCUT2D eigenvalue weighted by Crippen LogP contribution is 2.31. The van der Waals surface area contributed by atoms with Gasteiger partial charge in [0.25, 0.3) is 6.33 Å². The van der Waals surface area contributed by atoms with Gasteiger partial charge in [0.05, 0.1) is 55.8 Å². The molecule has 2 heterocycles. The molecule has 14 heteroatoms. The molecule has 0 aliphatic heterocycles. The van der Waals surface area contributed by atoms with Gasteiger partial charge in [0.2, 0.25) is 0 Å². The molecule has 2 unspecified atom stereocenters. The quantitative estimate of drug-likeness (QED) is 0.0185. The van der Waals surface area contributed by atoms with Crippen molar-refractivity contribution in [3.63, 3.8) is 0 Å². The van der Waals surface area contributed by atoms with E-state index in [-0.39, 0.29) is 25.2 Å². The van der Waals surface area contributed by atoms with E-state index in [0.717, 1.165) is 54.4 Å². The number of carbonyl (C=O) groups is 2. The Labute approximate surface area is 370 Å². The first-order chi connectivity index (χ1) is 30.4. The smallest absolute Gasteiger partial charge is 0.305 e. The van der Waals surface area contributed by atoms with Gasteiger partial charge >= 0.3 is 11.9 Å². The van der Waals surface area contributed by atoms with Gasteiger partial charge in [0.1, 0.15) is 12.5 Å². The fourth-order valence-corrected chi connectivity index (χ4v) is 7.30. The van der Waals surface area contributed by atoms with Gasteiger partial charge in [-0.3, -0.25) is 9.59 Å². The predicted octanol–water partition coefficient (Wildman–Crippen LogP) is 6.47. The van der Waals surface area contributed by atoms with Crippen molar-refractivity contribution >= 4 is 24.1 Å². The number of methoxy groups -OCH3 is 1. The Balaban J connectivity index is 1.36. The number of esters is 1. The number of hydrogen-bond acceptors (Lipinski definition) is 12. The minimum Gasteiger partial charge on any atom is -0.481 e. The second-order valence-electron chi connectivity index (χ2n) is 16.0. The second-order valence-corrected chi connectivity index (χ2v) is 16.0. The van der Waals surface area contributed by atoms with Crippen LogP contribution in [0, 0.1) is 0 Å². The van der Waals surface area contributed by atoms with Crippen LogP contribution in [0.25, 0.3) is 34.4 Å². The number of aromatic nitrogens is 4. The van der Waals surface area contributed by atoms with Crippen LogP contribution in [-0.2, 0) is 20.9 Å². The summed E-state index contributed by atoms with van der Waals surface area (Å²) in [6, 6.07) is 11.1. The van der Waals surface area contributed by atoms with Crippen molar-refractivity contribution in [1.82, 2.24) is 15.0 Å². The molecule has 0 fully saturated rings. The summed E-state index contributed by atoms with van der Waals surface area (Å²) < 4.78 is 6.69. The van der Waals surface area contributed by atoms with Crippen molar-refractivity contribution in [3.8, 4) is 22.3 Å². The number of rotatable bonds is 28. The van der Waals surface area contributed by atoms with Crippen LogP contribution in [0.4, 0.5) is 0 Å². The molecule has 7 N–H and O–H groups in total. The van der Waals surface area contributed by atoms with Gasteiger partial charge in [-0.05, 0) is 96.9 Å². The predicted molar refractivity (Wildman–Crippen MR) is 239 cm³/mol. The van der Waals surface area contributed by atoms with Crippen molar-refractivity contribution in [2.24, 2.45) is 0 Å². The van der Waals surface area contributed by atoms with Gasteiger partial charge in [-0.1, -0.05) is 86.2 Å². The zero-order valence-corrected chi connectivity index (χ0v) is 36.5. The molecule has 0 radical (unpaired) electrons. The molecule has 0 bridgehead atoms. The summed E-state index contributed by atoms with van der Waals surface area (Å²) in [6.07, 6.45) is 18.0. The number of carboxylic acid groups (broad SMARTS) is 1. The number of ether oxygens (including phenoxy) is 1. The van der Waals surface area contributed by atoms with Gasteiger partial charge in [-0.2, -0.15) is 0 Å². The van der Waals surface area contributed by atoms with Gasteiger partial charge in [0, 0.05) is 30.8 Å². The SMILES string of the molecule is CCCCC[C@H](O)[C@H](O)/C=C/c1cc(-c2cnc[n+](CCCCC[C@H](O)[C@H](O)/C=C/c3cc(-c4cncnc4)ccc3C(O)CCCC(=O)OC)c2)ccc1C(O)CCCC(=O)O. The highest BCUT2D eigenvalue weighted by molar-refractivity contribution is 5.70. The minimum absolute atomic E-state index is 0.0580. The van der Waals surface area contributed by atoms with E-state index in [1.54, 1.807) is 49.2 Å². The molecule has 2 aromatic carbocycles. The van der Waals surface area contributed by atoms with E-state index < -0.39 is 42.6 Å². The largest absolute Gasteiger partial charge is 0.481 e. The molecule has 0 saturated heterocycles. The Bertz CT molecular complexity index is 2060. The molecule has 2 aromatic heterocycles. The molecule has 6 atom stereocenters. The zero-order chi connectivity index (χ0) is 45.6. The summed E-state index contributed by atoms with van der Waals surface area (Å²) in [5.41, 5.74) is 5.75. The van der Waals surface area contributed by atoms with Crippen LogP contribution in [0.15, 0.2) is 86.0 Å². The van der Waals surface area contributed by atoms with E-state index in [1.165, 1.54) is 25.6 Å². The maximum absolute atomic E-state index is 11.6. The van der Waals surface area contributed by atoms with Gasteiger partial charge in [0.15, 0.2) is 6.20 Å². The lowest BCUT2D eigenvalue weighted by Gasteiger charge is -2.17. The first kappa shape index (κ1) is 50.4. The molecule has 63 heavy (non-hydrogen) atoms. The molecule has 0 aliphatic carbocycles. The van der Waals surface area contributed by atoms with Crippen LogP contribution < -0.4 is 4.57 Å². The average Bonchev–Trinajstić information content (AvgIpc) is 3.29. The molecule has 4 rings (SSSR count). The van der Waals surface area contributed by atoms with Crippen molar-refractivity contribution in [3.05, 3.63) is 108 Å². The van der Waals surface area contributed by atoms with E-state index in [1.807, 2.05) is 35.0 Å². The standard InChI is InChI=1S/C49H64N4O10/c1-3-4-6-11-44(56)46(58)24-20-37-27-35(18-22-41(37)42(54)13-9-15-48(60)61)39-30-52-33-53(31-39)25-8-5-7-12-45(57)47(59)23-19-36-26-34(38-28-50-32-51-29-38)17-21-40(36)43(55)14-10-16-49(62)63-2/h17-24,26-33,42-47,54-59H,3-16,25H2,1-2H3/p+1/b23-19+,24-20+/t42?,43?,44-,45-,46+,47+/m0/s1. The molecular formula is C49H65N4O10+. The first-order valence-electron chi connectivity index (χ1n) is 22.0. The van der Waals surface area contributed by atoms with Crippen molar-refractivity contribution in [2.45, 2.75) is 140 Å². The summed E-state index contributed by atoms with van der Waals surface area (Å²) in [5.74, 6) is -1.27. The third kappa shape index (κ3) is 17.1. The third-order valence-electron chi connectivity index (χ3n) is 11.1. The van der Waals surface area contributed by atoms with Crippen molar-refractivity contribution < 1.29 is 54.6 Å². The summed E-state index contributed by atoms with van der Waals surface area (Å²) in [7, 11) is 1.33. The Morgan fingerprint density at radius 1 is 0.651 bits per heavy atom. The molecule has 0 amide bonds. The summed E-state index contributed by atoms with van der Waals surface area (Å²) in [4.78, 5) is 35.3.